The standard InChI is InChI=1S/C25H29N5O4/c1-18-8-10-21(11-9-18)23-27-24(34-28-23)19(2)29-12-14-30(15-13-29)22(31)16-26-25(32)33-17-20-6-4-3-5-7-20/h3-11,19H,12-17H2,1-2H3,(H,26,32). The number of rotatable bonds is 7. The van der Waals surface area contributed by atoms with Crippen LogP contribution in [-0.2, 0) is 16.1 Å². The number of hydrogen-bond donors (Lipinski definition) is 1. The molecule has 1 aliphatic heterocycles. The Hall–Kier alpha value is -3.72. The molecule has 0 radical (unpaired) electrons. The van der Waals surface area contributed by atoms with E-state index < -0.39 is 6.09 Å². The smallest absolute Gasteiger partial charge is 0.407 e. The van der Waals surface area contributed by atoms with Crippen molar-refractivity contribution in [1.82, 2.24) is 25.3 Å². The normalized spacial score (nSPS) is 15.1. The topological polar surface area (TPSA) is 101 Å². The maximum atomic E-state index is 12.5. The van der Waals surface area contributed by atoms with Crippen LogP contribution in [0.5, 0.6) is 0 Å². The zero-order valence-corrected chi connectivity index (χ0v) is 19.4. The lowest BCUT2D eigenvalue weighted by Gasteiger charge is -2.36. The van der Waals surface area contributed by atoms with Gasteiger partial charge in [0.2, 0.25) is 17.6 Å². The van der Waals surface area contributed by atoms with Gasteiger partial charge in [0.15, 0.2) is 0 Å². The molecule has 0 spiro atoms. The largest absolute Gasteiger partial charge is 0.445 e. The number of ether oxygens (including phenoxy) is 1. The van der Waals surface area contributed by atoms with Crippen molar-refractivity contribution in [1.29, 1.82) is 0 Å². The molecule has 1 fully saturated rings. The van der Waals surface area contributed by atoms with Crippen LogP contribution in [0.1, 0.15) is 30.0 Å². The molecular weight excluding hydrogens is 434 g/mol. The fourth-order valence-corrected chi connectivity index (χ4v) is 3.77. The first-order valence-corrected chi connectivity index (χ1v) is 11.4. The number of piperazine rings is 1. The van der Waals surface area contributed by atoms with Gasteiger partial charge in [-0.05, 0) is 19.4 Å². The van der Waals surface area contributed by atoms with Crippen LogP contribution in [0.25, 0.3) is 11.4 Å². The van der Waals surface area contributed by atoms with Crippen molar-refractivity contribution < 1.29 is 18.8 Å². The van der Waals surface area contributed by atoms with Gasteiger partial charge in [-0.2, -0.15) is 4.98 Å². The maximum absolute atomic E-state index is 12.5. The molecule has 9 heteroatoms. The molecule has 9 nitrogen and oxygen atoms in total. The van der Waals surface area contributed by atoms with Crippen LogP contribution >= 0.6 is 0 Å². The molecule has 178 valence electrons. The Balaban J connectivity index is 1.21. The molecule has 0 bridgehead atoms. The van der Waals surface area contributed by atoms with E-state index in [0.29, 0.717) is 37.9 Å². The van der Waals surface area contributed by atoms with Gasteiger partial charge in [-0.15, -0.1) is 0 Å². The maximum Gasteiger partial charge on any atom is 0.407 e. The summed E-state index contributed by atoms with van der Waals surface area (Å²) in [6.45, 7) is 6.60. The highest BCUT2D eigenvalue weighted by Crippen LogP contribution is 2.23. The lowest BCUT2D eigenvalue weighted by atomic mass is 10.1. The number of aromatic nitrogens is 2. The third-order valence-electron chi connectivity index (χ3n) is 5.92. The summed E-state index contributed by atoms with van der Waals surface area (Å²) in [5, 5.41) is 6.65. The molecule has 4 rings (SSSR count). The predicted octanol–water partition coefficient (Wildman–Crippen LogP) is 3.18. The number of carbonyl (C=O) groups excluding carboxylic acids is 2. The fourth-order valence-electron chi connectivity index (χ4n) is 3.77. The Morgan fingerprint density at radius 1 is 1.06 bits per heavy atom. The Morgan fingerprint density at radius 3 is 2.47 bits per heavy atom. The molecule has 2 amide bonds. The Labute approximate surface area is 198 Å². The number of aryl methyl sites for hydroxylation is 1. The summed E-state index contributed by atoms with van der Waals surface area (Å²) in [4.78, 5) is 32.9. The van der Waals surface area contributed by atoms with E-state index in [1.807, 2.05) is 68.4 Å². The molecular formula is C25H29N5O4. The van der Waals surface area contributed by atoms with E-state index in [1.54, 1.807) is 4.90 Å². The Bertz CT molecular complexity index is 1090. The van der Waals surface area contributed by atoms with Gasteiger partial charge in [-0.3, -0.25) is 9.69 Å². The highest BCUT2D eigenvalue weighted by atomic mass is 16.5. The highest BCUT2D eigenvalue weighted by Gasteiger charge is 2.28. The van der Waals surface area contributed by atoms with Crippen LogP contribution in [0, 0.1) is 6.92 Å². The van der Waals surface area contributed by atoms with Crippen molar-refractivity contribution in [2.45, 2.75) is 26.5 Å². The lowest BCUT2D eigenvalue weighted by Crippen LogP contribution is -2.51. The summed E-state index contributed by atoms with van der Waals surface area (Å²) >= 11 is 0. The molecule has 0 saturated carbocycles. The molecule has 1 N–H and O–H groups in total. The van der Waals surface area contributed by atoms with E-state index in [4.69, 9.17) is 9.26 Å². The van der Waals surface area contributed by atoms with Crippen molar-refractivity contribution in [3.8, 4) is 11.4 Å². The van der Waals surface area contributed by atoms with Gasteiger partial charge in [0.05, 0.1) is 6.04 Å². The number of benzene rings is 2. The SMILES string of the molecule is Cc1ccc(-c2noc(C(C)N3CCN(C(=O)CNC(=O)OCc4ccccc4)CC3)n2)cc1. The van der Waals surface area contributed by atoms with E-state index in [-0.39, 0.29) is 25.1 Å². The molecule has 3 aromatic rings. The van der Waals surface area contributed by atoms with E-state index >= 15 is 0 Å². The number of nitrogens with zero attached hydrogens (tertiary/aromatic N) is 4. The van der Waals surface area contributed by atoms with Gasteiger partial charge in [0.1, 0.15) is 13.2 Å². The number of carbonyl (C=O) groups is 2. The van der Waals surface area contributed by atoms with Crippen LogP contribution in [0.3, 0.4) is 0 Å². The highest BCUT2D eigenvalue weighted by molar-refractivity contribution is 5.82. The third kappa shape index (κ3) is 5.99. The summed E-state index contributed by atoms with van der Waals surface area (Å²) in [6.07, 6.45) is -0.606. The quantitative estimate of drug-likeness (QED) is 0.574. The predicted molar refractivity (Wildman–Crippen MR) is 126 cm³/mol. The molecule has 1 saturated heterocycles. The van der Waals surface area contributed by atoms with Crippen LogP contribution < -0.4 is 5.32 Å². The molecule has 1 aliphatic rings. The summed E-state index contributed by atoms with van der Waals surface area (Å²) in [5.74, 6) is 0.988. The lowest BCUT2D eigenvalue weighted by molar-refractivity contribution is -0.132. The van der Waals surface area contributed by atoms with E-state index in [1.165, 1.54) is 5.56 Å². The Kier molecular flexibility index (Phi) is 7.54. The van der Waals surface area contributed by atoms with Crippen molar-refractivity contribution in [2.75, 3.05) is 32.7 Å². The summed E-state index contributed by atoms with van der Waals surface area (Å²) < 4.78 is 10.7. The molecule has 34 heavy (non-hydrogen) atoms. The average Bonchev–Trinajstić information content (AvgIpc) is 3.37. The molecule has 0 aliphatic carbocycles. The summed E-state index contributed by atoms with van der Waals surface area (Å²) in [5.41, 5.74) is 2.98. The second-order valence-corrected chi connectivity index (χ2v) is 8.33. The minimum Gasteiger partial charge on any atom is -0.445 e. The number of alkyl carbamates (subject to hydrolysis) is 1. The molecule has 2 heterocycles. The van der Waals surface area contributed by atoms with Crippen LogP contribution in [0.15, 0.2) is 59.1 Å². The van der Waals surface area contributed by atoms with Gasteiger partial charge >= 0.3 is 6.09 Å². The minimum atomic E-state index is -0.606. The molecule has 1 atom stereocenters. The van der Waals surface area contributed by atoms with E-state index in [2.05, 4.69) is 20.4 Å². The first-order valence-electron chi connectivity index (χ1n) is 11.4. The zero-order valence-electron chi connectivity index (χ0n) is 19.4. The van der Waals surface area contributed by atoms with Gasteiger partial charge in [0.25, 0.3) is 0 Å². The van der Waals surface area contributed by atoms with Gasteiger partial charge in [-0.25, -0.2) is 4.79 Å². The van der Waals surface area contributed by atoms with Crippen LogP contribution in [0.2, 0.25) is 0 Å². The van der Waals surface area contributed by atoms with E-state index in [9.17, 15) is 9.59 Å². The van der Waals surface area contributed by atoms with Gasteiger partial charge in [0, 0.05) is 31.7 Å². The first-order chi connectivity index (χ1) is 16.5. The van der Waals surface area contributed by atoms with Crippen molar-refractivity contribution in [2.24, 2.45) is 0 Å². The van der Waals surface area contributed by atoms with Crippen molar-refractivity contribution >= 4 is 12.0 Å². The van der Waals surface area contributed by atoms with Gasteiger partial charge in [-0.1, -0.05) is 65.3 Å². The zero-order chi connectivity index (χ0) is 23.9. The number of amides is 2. The van der Waals surface area contributed by atoms with Gasteiger partial charge < -0.3 is 19.5 Å². The number of nitrogens with one attached hydrogen (secondary N) is 1. The van der Waals surface area contributed by atoms with Crippen LogP contribution in [-0.4, -0.2) is 64.7 Å². The average molecular weight is 464 g/mol. The molecule has 1 aromatic heterocycles. The summed E-state index contributed by atoms with van der Waals surface area (Å²) in [6, 6.07) is 17.3. The summed E-state index contributed by atoms with van der Waals surface area (Å²) in [7, 11) is 0. The first kappa shape index (κ1) is 23.4. The second kappa shape index (κ2) is 10.9. The Morgan fingerprint density at radius 2 is 1.76 bits per heavy atom. The van der Waals surface area contributed by atoms with E-state index in [0.717, 1.165) is 11.1 Å². The monoisotopic (exact) mass is 463 g/mol. The van der Waals surface area contributed by atoms with Crippen LogP contribution in [0.4, 0.5) is 4.79 Å². The fraction of sp³-hybridized carbons (Fsp3) is 0.360. The molecule has 2 aromatic carbocycles. The third-order valence-corrected chi connectivity index (χ3v) is 5.92. The van der Waals surface area contributed by atoms with Crippen molar-refractivity contribution in [3.05, 3.63) is 71.6 Å². The van der Waals surface area contributed by atoms with Crippen molar-refractivity contribution in [3.63, 3.8) is 0 Å². The molecule has 1 unspecified atom stereocenters. The second-order valence-electron chi connectivity index (χ2n) is 8.33. The number of hydrogen-bond acceptors (Lipinski definition) is 7. The minimum absolute atomic E-state index is 0.0601.